The molecule has 1 aliphatic rings. The number of nitrogens with one attached hydrogen (secondary N) is 1. The molecule has 0 radical (unpaired) electrons. The fraction of sp³-hybridized carbons (Fsp3) is 0.333. The third-order valence-corrected chi connectivity index (χ3v) is 6.86. The first-order chi connectivity index (χ1) is 15.1. The van der Waals surface area contributed by atoms with E-state index in [-0.39, 0.29) is 5.56 Å². The fourth-order valence-corrected chi connectivity index (χ4v) is 5.11. The van der Waals surface area contributed by atoms with Crippen LogP contribution in [0.1, 0.15) is 41.1 Å². The van der Waals surface area contributed by atoms with E-state index in [0.717, 1.165) is 42.8 Å². The van der Waals surface area contributed by atoms with Gasteiger partial charge in [-0.25, -0.2) is 0 Å². The molecule has 2 aromatic carbocycles. The molecule has 0 bridgehead atoms. The summed E-state index contributed by atoms with van der Waals surface area (Å²) in [5.41, 5.74) is 7.20. The molecular weight excluding hydrogens is 382 g/mol. The Morgan fingerprint density at radius 1 is 0.968 bits per heavy atom. The Morgan fingerprint density at radius 3 is 2.61 bits per heavy atom. The first-order valence-corrected chi connectivity index (χ1v) is 11.3. The predicted molar refractivity (Wildman–Crippen MR) is 128 cm³/mol. The number of H-pyrrole nitrogens is 1. The highest BCUT2D eigenvalue weighted by Gasteiger charge is 2.22. The van der Waals surface area contributed by atoms with Crippen LogP contribution in [0.25, 0.3) is 21.8 Å². The minimum Gasteiger partial charge on any atom is -0.322 e. The van der Waals surface area contributed by atoms with E-state index in [2.05, 4.69) is 60.1 Å². The number of hydrogen-bond acceptors (Lipinski definition) is 3. The number of aromatic amines is 1. The molecule has 2 aromatic heterocycles. The summed E-state index contributed by atoms with van der Waals surface area (Å²) in [6, 6.07) is 18.7. The summed E-state index contributed by atoms with van der Waals surface area (Å²) in [5.74, 6) is 0.605. The molecule has 1 aliphatic heterocycles. The number of rotatable bonds is 4. The minimum atomic E-state index is -0.0387. The van der Waals surface area contributed by atoms with Crippen LogP contribution in [0.15, 0.2) is 59.4 Å². The van der Waals surface area contributed by atoms with Gasteiger partial charge in [0.15, 0.2) is 0 Å². The lowest BCUT2D eigenvalue weighted by Crippen LogP contribution is -2.34. The van der Waals surface area contributed by atoms with Gasteiger partial charge >= 0.3 is 0 Å². The van der Waals surface area contributed by atoms with Gasteiger partial charge in [-0.1, -0.05) is 24.3 Å². The summed E-state index contributed by atoms with van der Waals surface area (Å²) in [6.45, 7) is 7.53. The van der Waals surface area contributed by atoms with Crippen LogP contribution >= 0.6 is 0 Å². The lowest BCUT2D eigenvalue weighted by atomic mass is 9.87. The summed E-state index contributed by atoms with van der Waals surface area (Å²) >= 11 is 0. The molecule has 4 heteroatoms. The normalized spacial score (nSPS) is 15.7. The molecule has 0 unspecified atom stereocenters. The molecule has 4 aromatic rings. The average molecular weight is 412 g/mol. The molecule has 158 valence electrons. The largest absolute Gasteiger partial charge is 0.322 e. The first-order valence-electron chi connectivity index (χ1n) is 11.3. The van der Waals surface area contributed by atoms with Gasteiger partial charge in [0.1, 0.15) is 0 Å². The van der Waals surface area contributed by atoms with Crippen LogP contribution < -0.4 is 5.56 Å². The third kappa shape index (κ3) is 4.00. The lowest BCUT2D eigenvalue weighted by molar-refractivity contribution is 0.215. The van der Waals surface area contributed by atoms with Gasteiger partial charge in [0.05, 0.1) is 5.52 Å². The zero-order chi connectivity index (χ0) is 21.4. The van der Waals surface area contributed by atoms with E-state index in [0.29, 0.717) is 5.92 Å². The molecule has 0 atom stereocenters. The highest BCUT2D eigenvalue weighted by molar-refractivity contribution is 5.83. The zero-order valence-corrected chi connectivity index (χ0v) is 18.3. The fourth-order valence-electron chi connectivity index (χ4n) is 5.11. The van der Waals surface area contributed by atoms with Crippen molar-refractivity contribution >= 4 is 21.8 Å². The van der Waals surface area contributed by atoms with E-state index in [9.17, 15) is 4.79 Å². The van der Waals surface area contributed by atoms with Crippen molar-refractivity contribution in [2.75, 3.05) is 19.6 Å². The smallest absolute Gasteiger partial charge is 0.248 e. The van der Waals surface area contributed by atoms with E-state index in [1.165, 1.54) is 40.3 Å². The van der Waals surface area contributed by atoms with Crippen LogP contribution in [-0.4, -0.2) is 34.5 Å². The Kier molecular flexibility index (Phi) is 5.33. The predicted octanol–water partition coefficient (Wildman–Crippen LogP) is 5.12. The molecular formula is C27H29N3O. The standard InChI is InChI=1S/C27H29N3O/c1-18-6-10-26-23(9-11-27(31)29-26)21(18)14-17-30-15-12-20(13-16-30)22-4-3-5-25-24(22)8-7-19(2)28-25/h3-11,20H,12-17H2,1-2H3,(H,29,31). The number of aryl methyl sites for hydroxylation is 2. The maximum Gasteiger partial charge on any atom is 0.248 e. The maximum atomic E-state index is 11.7. The van der Waals surface area contributed by atoms with E-state index in [1.807, 2.05) is 12.1 Å². The van der Waals surface area contributed by atoms with Crippen molar-refractivity contribution in [2.45, 2.75) is 39.0 Å². The Hall–Kier alpha value is -2.98. The summed E-state index contributed by atoms with van der Waals surface area (Å²) < 4.78 is 0. The number of fused-ring (bicyclic) bond motifs is 2. The van der Waals surface area contributed by atoms with Gasteiger partial charge in [-0.2, -0.15) is 0 Å². The van der Waals surface area contributed by atoms with Gasteiger partial charge in [-0.15, -0.1) is 0 Å². The summed E-state index contributed by atoms with van der Waals surface area (Å²) in [6.07, 6.45) is 3.39. The highest BCUT2D eigenvalue weighted by Crippen LogP contribution is 2.33. The van der Waals surface area contributed by atoms with E-state index < -0.39 is 0 Å². The number of piperidine rings is 1. The average Bonchev–Trinajstić information content (AvgIpc) is 2.78. The van der Waals surface area contributed by atoms with Gasteiger partial charge in [0, 0.05) is 34.6 Å². The topological polar surface area (TPSA) is 49.0 Å². The monoisotopic (exact) mass is 411 g/mol. The van der Waals surface area contributed by atoms with Crippen LogP contribution in [0.5, 0.6) is 0 Å². The second-order valence-corrected chi connectivity index (χ2v) is 8.88. The summed E-state index contributed by atoms with van der Waals surface area (Å²) in [7, 11) is 0. The molecule has 31 heavy (non-hydrogen) atoms. The quantitative estimate of drug-likeness (QED) is 0.507. The second kappa shape index (κ2) is 8.27. The van der Waals surface area contributed by atoms with E-state index in [1.54, 1.807) is 6.07 Å². The van der Waals surface area contributed by atoms with Gasteiger partial charge in [-0.05, 0) is 93.1 Å². The highest BCUT2D eigenvalue weighted by atomic mass is 16.1. The molecule has 1 fully saturated rings. The Bertz CT molecular complexity index is 1300. The summed E-state index contributed by atoms with van der Waals surface area (Å²) in [5, 5.41) is 2.49. The van der Waals surface area contributed by atoms with Gasteiger partial charge in [0.2, 0.25) is 5.56 Å². The Balaban J connectivity index is 1.28. The molecule has 1 N–H and O–H groups in total. The van der Waals surface area contributed by atoms with Crippen LogP contribution in [0.3, 0.4) is 0 Å². The second-order valence-electron chi connectivity index (χ2n) is 8.88. The van der Waals surface area contributed by atoms with Crippen LogP contribution in [-0.2, 0) is 6.42 Å². The number of hydrogen-bond donors (Lipinski definition) is 1. The summed E-state index contributed by atoms with van der Waals surface area (Å²) in [4.78, 5) is 21.9. The lowest BCUT2D eigenvalue weighted by Gasteiger charge is -2.33. The number of likely N-dealkylation sites (tertiary alicyclic amines) is 1. The molecule has 0 spiro atoms. The van der Waals surface area contributed by atoms with Crippen molar-refractivity contribution in [1.29, 1.82) is 0 Å². The third-order valence-electron chi connectivity index (χ3n) is 6.86. The molecule has 0 aliphatic carbocycles. The molecule has 0 amide bonds. The molecule has 0 saturated carbocycles. The van der Waals surface area contributed by atoms with Crippen molar-refractivity contribution in [2.24, 2.45) is 0 Å². The van der Waals surface area contributed by atoms with Crippen LogP contribution in [0.2, 0.25) is 0 Å². The SMILES string of the molecule is Cc1ccc2c(C3CCN(CCc4c(C)ccc5[nH]c(=O)ccc45)CC3)cccc2n1. The molecule has 3 heterocycles. The van der Waals surface area contributed by atoms with Crippen LogP contribution in [0.4, 0.5) is 0 Å². The van der Waals surface area contributed by atoms with E-state index in [4.69, 9.17) is 4.98 Å². The van der Waals surface area contributed by atoms with Crippen LogP contribution in [0, 0.1) is 13.8 Å². The maximum absolute atomic E-state index is 11.7. The minimum absolute atomic E-state index is 0.0387. The number of nitrogens with zero attached hydrogens (tertiary/aromatic N) is 2. The van der Waals surface area contributed by atoms with Crippen molar-refractivity contribution in [3.63, 3.8) is 0 Å². The van der Waals surface area contributed by atoms with Crippen molar-refractivity contribution in [3.05, 3.63) is 87.3 Å². The number of benzene rings is 2. The first kappa shape index (κ1) is 20.0. The van der Waals surface area contributed by atoms with Crippen molar-refractivity contribution < 1.29 is 0 Å². The van der Waals surface area contributed by atoms with Gasteiger partial charge in [0.25, 0.3) is 0 Å². The van der Waals surface area contributed by atoms with Gasteiger partial charge < -0.3 is 9.88 Å². The Labute approximate surface area is 182 Å². The van der Waals surface area contributed by atoms with Crippen molar-refractivity contribution in [1.82, 2.24) is 14.9 Å². The van der Waals surface area contributed by atoms with Gasteiger partial charge in [-0.3, -0.25) is 9.78 Å². The van der Waals surface area contributed by atoms with Crippen molar-refractivity contribution in [3.8, 4) is 0 Å². The number of pyridine rings is 2. The molecule has 5 rings (SSSR count). The molecule has 4 nitrogen and oxygen atoms in total. The molecule has 1 saturated heterocycles. The zero-order valence-electron chi connectivity index (χ0n) is 18.3. The number of aromatic nitrogens is 2. The Morgan fingerprint density at radius 2 is 1.77 bits per heavy atom. The van der Waals surface area contributed by atoms with E-state index >= 15 is 0 Å².